The van der Waals surface area contributed by atoms with Crippen LogP contribution in [0.1, 0.15) is 105 Å². The number of carbonyl (C=O) groups is 3. The van der Waals surface area contributed by atoms with Gasteiger partial charge >= 0.3 is 19.6 Å². The van der Waals surface area contributed by atoms with Crippen LogP contribution in [0.15, 0.2) is 115 Å². The molecule has 4 unspecified atom stereocenters. The summed E-state index contributed by atoms with van der Waals surface area (Å²) >= 11 is 0. The highest BCUT2D eigenvalue weighted by Crippen LogP contribution is 2.58. The minimum Gasteiger partial charge on any atom is -0.512 e. The third-order valence-corrected chi connectivity index (χ3v) is 13.1. The van der Waals surface area contributed by atoms with Gasteiger partial charge in [-0.1, -0.05) is 152 Å². The molecular weight excluding hydrogens is 727 g/mol. The standard InChI is InChI=1S/C49H61BO8/c1-35(43(51)55-33-36-20-12-9-13-21-36)48(6,7)47(4,5)34-49(8,45(53)56-40-29-27-38(28-30-40)37-22-14-10-15-23-37)46(2,3)32-41(39-24-16-11-17-25-39)44(52)58-50-57-42-26-18-19-31-54-42/h9-17,20-25,27-30,35,41-42,50H,18-19,26,31-34H2,1-8H3. The maximum absolute atomic E-state index is 15.0. The third-order valence-electron chi connectivity index (χ3n) is 13.1. The van der Waals surface area contributed by atoms with E-state index in [1.54, 1.807) is 0 Å². The molecule has 0 aliphatic carbocycles. The van der Waals surface area contributed by atoms with Crippen LogP contribution >= 0.6 is 0 Å². The highest BCUT2D eigenvalue weighted by molar-refractivity contribution is 6.22. The summed E-state index contributed by atoms with van der Waals surface area (Å²) in [6.45, 7) is 17.0. The van der Waals surface area contributed by atoms with Gasteiger partial charge in [-0.3, -0.25) is 14.4 Å². The molecule has 0 radical (unpaired) electrons. The van der Waals surface area contributed by atoms with E-state index in [-0.39, 0.29) is 26.7 Å². The van der Waals surface area contributed by atoms with E-state index in [9.17, 15) is 14.4 Å². The largest absolute Gasteiger partial charge is 0.512 e. The maximum atomic E-state index is 15.0. The van der Waals surface area contributed by atoms with Crippen LogP contribution in [0.4, 0.5) is 0 Å². The van der Waals surface area contributed by atoms with E-state index < -0.39 is 51.7 Å². The average Bonchev–Trinajstić information content (AvgIpc) is 3.23. The van der Waals surface area contributed by atoms with Crippen LogP contribution in [-0.2, 0) is 39.8 Å². The minimum atomic E-state index is -1.18. The lowest BCUT2D eigenvalue weighted by Crippen LogP contribution is -2.52. The van der Waals surface area contributed by atoms with Gasteiger partial charge in [-0.25, -0.2) is 0 Å². The molecule has 308 valence electrons. The molecule has 0 spiro atoms. The van der Waals surface area contributed by atoms with Gasteiger partial charge in [-0.2, -0.15) is 0 Å². The summed E-state index contributed by atoms with van der Waals surface area (Å²) in [6.07, 6.45) is 2.91. The average molecular weight is 789 g/mol. The number of ether oxygens (including phenoxy) is 3. The van der Waals surface area contributed by atoms with Crippen LogP contribution in [0.25, 0.3) is 11.1 Å². The van der Waals surface area contributed by atoms with E-state index in [0.29, 0.717) is 18.8 Å². The molecule has 1 heterocycles. The van der Waals surface area contributed by atoms with Crippen LogP contribution in [0, 0.1) is 27.6 Å². The Kier molecular flexibility index (Phi) is 14.8. The van der Waals surface area contributed by atoms with Crippen molar-refractivity contribution in [3.63, 3.8) is 0 Å². The van der Waals surface area contributed by atoms with Crippen molar-refractivity contribution in [2.24, 2.45) is 27.6 Å². The topological polar surface area (TPSA) is 97.4 Å². The molecule has 9 heteroatoms. The van der Waals surface area contributed by atoms with Crippen LogP contribution in [-0.4, -0.2) is 38.5 Å². The third kappa shape index (κ3) is 10.9. The monoisotopic (exact) mass is 788 g/mol. The fourth-order valence-corrected chi connectivity index (χ4v) is 7.87. The maximum Gasteiger partial charge on any atom is 0.510 e. The molecule has 0 saturated carbocycles. The summed E-state index contributed by atoms with van der Waals surface area (Å²) in [6, 6.07) is 36.7. The van der Waals surface area contributed by atoms with Crippen LogP contribution in [0.5, 0.6) is 5.75 Å². The zero-order valence-electron chi connectivity index (χ0n) is 35.6. The van der Waals surface area contributed by atoms with Gasteiger partial charge in [0.25, 0.3) is 5.97 Å². The van der Waals surface area contributed by atoms with Crippen LogP contribution in [0.2, 0.25) is 0 Å². The van der Waals surface area contributed by atoms with E-state index in [1.165, 1.54) is 0 Å². The molecule has 1 fully saturated rings. The van der Waals surface area contributed by atoms with Crippen molar-refractivity contribution in [2.45, 2.75) is 106 Å². The van der Waals surface area contributed by atoms with Crippen molar-refractivity contribution < 1.29 is 37.9 Å². The smallest absolute Gasteiger partial charge is 0.510 e. The zero-order chi connectivity index (χ0) is 42.0. The molecule has 1 aliphatic heterocycles. The van der Waals surface area contributed by atoms with Crippen molar-refractivity contribution in [1.29, 1.82) is 0 Å². The van der Waals surface area contributed by atoms with Crippen LogP contribution < -0.4 is 4.74 Å². The quantitative estimate of drug-likeness (QED) is 0.0559. The van der Waals surface area contributed by atoms with Gasteiger partial charge < -0.3 is 23.5 Å². The molecule has 0 aromatic heterocycles. The number of rotatable bonds is 18. The van der Waals surface area contributed by atoms with E-state index in [4.69, 9.17) is 23.5 Å². The fourth-order valence-electron chi connectivity index (χ4n) is 7.87. The molecule has 0 amide bonds. The predicted molar refractivity (Wildman–Crippen MR) is 229 cm³/mol. The summed E-state index contributed by atoms with van der Waals surface area (Å²) in [5, 5.41) is 0. The number of hydrogen-bond donors (Lipinski definition) is 0. The fraction of sp³-hybridized carbons (Fsp3) is 0.449. The second-order valence-corrected chi connectivity index (χ2v) is 17.8. The molecule has 58 heavy (non-hydrogen) atoms. The molecule has 0 N–H and O–H groups in total. The highest BCUT2D eigenvalue weighted by atomic mass is 16.7. The number of benzene rings is 4. The normalized spacial score (nSPS) is 16.9. The molecule has 5 rings (SSSR count). The second-order valence-electron chi connectivity index (χ2n) is 17.8. The summed E-state index contributed by atoms with van der Waals surface area (Å²) in [5.74, 6) is -1.99. The van der Waals surface area contributed by atoms with Gasteiger partial charge in [0.05, 0.1) is 17.3 Å². The van der Waals surface area contributed by atoms with Crippen molar-refractivity contribution in [3.8, 4) is 16.9 Å². The van der Waals surface area contributed by atoms with Gasteiger partial charge in [0, 0.05) is 6.61 Å². The molecule has 4 aromatic rings. The first-order chi connectivity index (χ1) is 27.5. The second kappa shape index (κ2) is 19.4. The summed E-state index contributed by atoms with van der Waals surface area (Å²) < 4.78 is 29.4. The Balaban J connectivity index is 1.44. The minimum absolute atomic E-state index is 0.177. The summed E-state index contributed by atoms with van der Waals surface area (Å²) in [5.41, 5.74) is 0.434. The number of carbonyl (C=O) groups excluding carboxylic acids is 3. The van der Waals surface area contributed by atoms with Crippen molar-refractivity contribution >= 4 is 25.6 Å². The van der Waals surface area contributed by atoms with E-state index in [2.05, 4.69) is 27.7 Å². The first kappa shape index (κ1) is 44.4. The number of hydrogen-bond acceptors (Lipinski definition) is 8. The Morgan fingerprint density at radius 1 is 0.724 bits per heavy atom. The Morgan fingerprint density at radius 3 is 1.91 bits per heavy atom. The first-order valence-corrected chi connectivity index (χ1v) is 20.6. The lowest BCUT2D eigenvalue weighted by atomic mass is 9.51. The van der Waals surface area contributed by atoms with Gasteiger partial charge in [-0.15, -0.1) is 0 Å². The van der Waals surface area contributed by atoms with Crippen molar-refractivity contribution in [3.05, 3.63) is 126 Å². The van der Waals surface area contributed by atoms with Crippen molar-refractivity contribution in [1.82, 2.24) is 0 Å². The molecule has 8 nitrogen and oxygen atoms in total. The Hall–Kier alpha value is -4.73. The number of esters is 2. The van der Waals surface area contributed by atoms with E-state index >= 15 is 0 Å². The van der Waals surface area contributed by atoms with Gasteiger partial charge in [0.2, 0.25) is 0 Å². The molecular formula is C49H61BO8. The molecule has 4 aromatic carbocycles. The predicted octanol–water partition coefficient (Wildman–Crippen LogP) is 10.6. The zero-order valence-corrected chi connectivity index (χ0v) is 35.6. The van der Waals surface area contributed by atoms with E-state index in [0.717, 1.165) is 41.5 Å². The first-order valence-electron chi connectivity index (χ1n) is 20.6. The molecule has 1 aliphatic rings. The molecule has 4 atom stereocenters. The SMILES string of the molecule is CC(C(=O)OCc1ccccc1)C(C)(C)C(C)(C)CC(C)(C(=O)Oc1ccc(-c2ccccc2)cc1)C(C)(C)CC(C(=O)OBOC1CCCCO1)c1ccccc1. The van der Waals surface area contributed by atoms with Crippen molar-refractivity contribution in [2.75, 3.05) is 6.61 Å². The molecule has 1 saturated heterocycles. The Bertz CT molecular complexity index is 1920. The van der Waals surface area contributed by atoms with Crippen LogP contribution in [0.3, 0.4) is 0 Å². The highest BCUT2D eigenvalue weighted by Gasteiger charge is 2.56. The summed E-state index contributed by atoms with van der Waals surface area (Å²) in [4.78, 5) is 42.7. The Labute approximate surface area is 346 Å². The van der Waals surface area contributed by atoms with E-state index in [1.807, 2.05) is 143 Å². The molecule has 0 bridgehead atoms. The van der Waals surface area contributed by atoms with Gasteiger partial charge in [-0.05, 0) is 89.7 Å². The lowest BCUT2D eigenvalue weighted by molar-refractivity contribution is -0.165. The van der Waals surface area contributed by atoms with Gasteiger partial charge in [0.1, 0.15) is 18.6 Å². The summed E-state index contributed by atoms with van der Waals surface area (Å²) in [7, 11) is -0.231. The lowest BCUT2D eigenvalue weighted by Gasteiger charge is -2.52. The Morgan fingerprint density at radius 2 is 1.31 bits per heavy atom. The van der Waals surface area contributed by atoms with Gasteiger partial charge in [0.15, 0.2) is 0 Å².